The number of esters is 1. The van der Waals surface area contributed by atoms with E-state index in [9.17, 15) is 22.8 Å². The number of halogens is 1. The molecule has 0 bridgehead atoms. The first-order valence-corrected chi connectivity index (χ1v) is 12.8. The van der Waals surface area contributed by atoms with E-state index in [0.29, 0.717) is 16.1 Å². The minimum atomic E-state index is -4.69. The van der Waals surface area contributed by atoms with Crippen LogP contribution in [0.1, 0.15) is 11.1 Å². The Morgan fingerprint density at radius 3 is 2.35 bits per heavy atom. The summed E-state index contributed by atoms with van der Waals surface area (Å²) in [5.41, 5.74) is 0.477. The monoisotopic (exact) mass is 540 g/mol. The second kappa shape index (κ2) is 10.9. The fraction of sp³-hybridized carbons (Fsp3) is 0.115. The zero-order valence-electron chi connectivity index (χ0n) is 19.5. The molecule has 0 saturated heterocycles. The topological polar surface area (TPSA) is 132 Å². The van der Waals surface area contributed by atoms with Crippen LogP contribution in [0.2, 0.25) is 5.02 Å². The fourth-order valence-electron chi connectivity index (χ4n) is 3.64. The summed E-state index contributed by atoms with van der Waals surface area (Å²) >= 11 is 5.85. The van der Waals surface area contributed by atoms with Crippen LogP contribution in [0.25, 0.3) is 22.3 Å². The van der Waals surface area contributed by atoms with Gasteiger partial charge in [-0.3, -0.25) is 9.59 Å². The molecule has 0 fully saturated rings. The first-order chi connectivity index (χ1) is 17.7. The highest BCUT2D eigenvalue weighted by Crippen LogP contribution is 2.30. The number of sulfonamides is 1. The summed E-state index contributed by atoms with van der Waals surface area (Å²) in [7, 11) is -3.46. The molecular formula is C26H21ClN2O7S. The van der Waals surface area contributed by atoms with E-state index >= 15 is 0 Å². The molecule has 190 valence electrons. The number of hydrogen-bond donors (Lipinski definition) is 2. The maximum atomic E-state index is 13.5. The summed E-state index contributed by atoms with van der Waals surface area (Å²) in [6.07, 6.45) is -0.192. The zero-order chi connectivity index (χ0) is 26.6. The lowest BCUT2D eigenvalue weighted by Crippen LogP contribution is -2.40. The van der Waals surface area contributed by atoms with Gasteiger partial charge in [0.2, 0.25) is 5.43 Å². The van der Waals surface area contributed by atoms with Crippen LogP contribution in [0.15, 0.2) is 86.9 Å². The number of fused-ring (bicyclic) bond motifs is 1. The molecule has 3 aromatic carbocycles. The Balaban J connectivity index is 1.77. The molecular weight excluding hydrogens is 520 g/mol. The third-order valence-corrected chi connectivity index (χ3v) is 7.03. The van der Waals surface area contributed by atoms with Gasteiger partial charge >= 0.3 is 12.0 Å². The van der Waals surface area contributed by atoms with Crippen LogP contribution in [-0.2, 0) is 32.5 Å². The van der Waals surface area contributed by atoms with E-state index in [1.54, 1.807) is 60.7 Å². The Morgan fingerprint density at radius 1 is 0.973 bits per heavy atom. The molecule has 2 N–H and O–H groups in total. The molecule has 4 rings (SSSR count). The number of rotatable bonds is 7. The number of hydrogen-bond acceptors (Lipinski definition) is 7. The van der Waals surface area contributed by atoms with Gasteiger partial charge in [0.25, 0.3) is 10.0 Å². The third kappa shape index (κ3) is 5.82. The van der Waals surface area contributed by atoms with Gasteiger partial charge in [0.05, 0.1) is 18.9 Å². The van der Waals surface area contributed by atoms with Crippen molar-refractivity contribution < 1.29 is 27.2 Å². The average molecular weight is 541 g/mol. The van der Waals surface area contributed by atoms with E-state index in [-0.39, 0.29) is 35.3 Å². The number of ether oxygens (including phenoxy) is 1. The molecule has 9 nitrogen and oxygen atoms in total. The first-order valence-electron chi connectivity index (χ1n) is 11.0. The van der Waals surface area contributed by atoms with Crippen molar-refractivity contribution in [3.8, 4) is 11.3 Å². The van der Waals surface area contributed by atoms with Gasteiger partial charge in [0.15, 0.2) is 10.7 Å². The van der Waals surface area contributed by atoms with Crippen molar-refractivity contribution in [2.24, 2.45) is 0 Å². The lowest BCUT2D eigenvalue weighted by atomic mass is 10.1. The molecule has 37 heavy (non-hydrogen) atoms. The molecule has 4 aromatic rings. The first kappa shape index (κ1) is 25.9. The van der Waals surface area contributed by atoms with Gasteiger partial charge in [-0.15, -0.1) is 0 Å². The molecule has 0 aliphatic heterocycles. The van der Waals surface area contributed by atoms with Crippen LogP contribution in [0.5, 0.6) is 0 Å². The molecule has 2 amide bonds. The maximum Gasteiger partial charge on any atom is 0.328 e. The lowest BCUT2D eigenvalue weighted by Gasteiger charge is -2.14. The largest absolute Gasteiger partial charge is 0.469 e. The van der Waals surface area contributed by atoms with Crippen molar-refractivity contribution in [1.29, 1.82) is 0 Å². The lowest BCUT2D eigenvalue weighted by molar-refractivity contribution is -0.139. The van der Waals surface area contributed by atoms with Crippen molar-refractivity contribution >= 4 is 44.6 Å². The second-order valence-electron chi connectivity index (χ2n) is 7.92. The van der Waals surface area contributed by atoms with E-state index in [1.165, 1.54) is 19.2 Å². The summed E-state index contributed by atoms with van der Waals surface area (Å²) in [5, 5.41) is 2.89. The molecule has 0 spiro atoms. The number of urea groups is 1. The number of methoxy groups -OCH3 is 1. The van der Waals surface area contributed by atoms with Crippen LogP contribution in [-0.4, -0.2) is 27.5 Å². The average Bonchev–Trinajstić information content (AvgIpc) is 2.88. The third-order valence-electron chi connectivity index (χ3n) is 5.42. The molecule has 0 radical (unpaired) electrons. The Hall–Kier alpha value is -4.15. The number of nitrogens with one attached hydrogen (secondary N) is 2. The van der Waals surface area contributed by atoms with Gasteiger partial charge in [0, 0.05) is 22.7 Å². The minimum absolute atomic E-state index is 0.0211. The fourth-order valence-corrected chi connectivity index (χ4v) is 4.94. The van der Waals surface area contributed by atoms with Gasteiger partial charge in [-0.2, -0.15) is 0 Å². The number of benzene rings is 3. The summed E-state index contributed by atoms with van der Waals surface area (Å²) in [5.74, 6) is -0.833. The zero-order valence-corrected chi connectivity index (χ0v) is 21.1. The van der Waals surface area contributed by atoms with Crippen molar-refractivity contribution in [1.82, 2.24) is 10.0 Å². The Morgan fingerprint density at radius 2 is 1.68 bits per heavy atom. The van der Waals surface area contributed by atoms with Gasteiger partial charge in [-0.1, -0.05) is 66.2 Å². The smallest absolute Gasteiger partial charge is 0.328 e. The molecule has 1 heterocycles. The summed E-state index contributed by atoms with van der Waals surface area (Å²) in [6.45, 7) is 0.0211. The molecule has 0 unspecified atom stereocenters. The van der Waals surface area contributed by atoms with Crippen molar-refractivity contribution in [2.45, 2.75) is 17.9 Å². The van der Waals surface area contributed by atoms with E-state index in [0.717, 1.165) is 0 Å². The highest BCUT2D eigenvalue weighted by atomic mass is 35.5. The van der Waals surface area contributed by atoms with Crippen LogP contribution in [0.4, 0.5) is 4.79 Å². The predicted molar refractivity (Wildman–Crippen MR) is 138 cm³/mol. The highest BCUT2D eigenvalue weighted by Gasteiger charge is 2.30. The quantitative estimate of drug-likeness (QED) is 0.338. The van der Waals surface area contributed by atoms with E-state index in [2.05, 4.69) is 5.32 Å². The molecule has 0 atom stereocenters. The molecule has 0 aliphatic rings. The van der Waals surface area contributed by atoms with Gasteiger partial charge in [-0.05, 0) is 23.8 Å². The Kier molecular flexibility index (Phi) is 7.61. The molecule has 1 aromatic heterocycles. The van der Waals surface area contributed by atoms with Gasteiger partial charge in [0.1, 0.15) is 5.58 Å². The van der Waals surface area contributed by atoms with Crippen LogP contribution in [0.3, 0.4) is 0 Å². The SMILES string of the molecule is COC(=O)Cc1cccc2c(=O)c(S(=O)(=O)NC(=O)NCc3ccc(Cl)cc3)c(-c3ccccc3)oc12. The molecule has 0 saturated carbocycles. The second-order valence-corrected chi connectivity index (χ2v) is 9.97. The molecule has 0 aliphatic carbocycles. The van der Waals surface area contributed by atoms with Gasteiger partial charge < -0.3 is 14.5 Å². The maximum absolute atomic E-state index is 13.5. The van der Waals surface area contributed by atoms with Crippen molar-refractivity contribution in [2.75, 3.05) is 7.11 Å². The summed E-state index contributed by atoms with van der Waals surface area (Å²) < 4.78 is 39.3. The normalized spacial score (nSPS) is 11.2. The summed E-state index contributed by atoms with van der Waals surface area (Å²) in [6, 6.07) is 18.2. The van der Waals surface area contributed by atoms with E-state index < -0.39 is 32.3 Å². The van der Waals surface area contributed by atoms with Crippen LogP contribution < -0.4 is 15.5 Å². The van der Waals surface area contributed by atoms with Crippen molar-refractivity contribution in [3.63, 3.8) is 0 Å². The van der Waals surface area contributed by atoms with Gasteiger partial charge in [-0.25, -0.2) is 17.9 Å². The molecule has 11 heteroatoms. The number of amides is 2. The summed E-state index contributed by atoms with van der Waals surface area (Å²) in [4.78, 5) is 37.2. The van der Waals surface area contributed by atoms with E-state index in [1.807, 2.05) is 4.72 Å². The van der Waals surface area contributed by atoms with Crippen molar-refractivity contribution in [3.05, 3.63) is 99.2 Å². The Bertz CT molecular complexity index is 1630. The highest BCUT2D eigenvalue weighted by molar-refractivity contribution is 7.90. The number of carbonyl (C=O) groups is 2. The standard InChI is InChI=1S/C26H21ClN2O7S/c1-35-21(30)14-18-8-5-9-20-22(31)25(24(36-23(18)20)17-6-3-2-4-7-17)37(33,34)29-26(32)28-15-16-10-12-19(27)13-11-16/h2-13H,14-15H2,1H3,(H2,28,29,32). The minimum Gasteiger partial charge on any atom is -0.469 e. The predicted octanol–water partition coefficient (Wildman–Crippen LogP) is 4.02. The van der Waals surface area contributed by atoms with E-state index in [4.69, 9.17) is 20.8 Å². The number of carbonyl (C=O) groups excluding carboxylic acids is 2. The number of para-hydroxylation sites is 1. The van der Waals surface area contributed by atoms with Crippen LogP contribution >= 0.6 is 11.6 Å². The Labute approximate surface area is 217 Å². The van der Waals surface area contributed by atoms with Crippen LogP contribution in [0, 0.1) is 0 Å².